The van der Waals surface area contributed by atoms with Crippen LogP contribution in [0, 0.1) is 0 Å². The van der Waals surface area contributed by atoms with Crippen molar-refractivity contribution >= 4 is 0 Å². The highest BCUT2D eigenvalue weighted by Gasteiger charge is 2.06. The summed E-state index contributed by atoms with van der Waals surface area (Å²) in [5.41, 5.74) is 0. The molecule has 1 N–H and O–H groups in total. The molecular weight excluding hydrogens is 202 g/mol. The molecule has 0 radical (unpaired) electrons. The van der Waals surface area contributed by atoms with Crippen molar-refractivity contribution in [2.45, 2.75) is 52.3 Å². The molecule has 0 fully saturated rings. The fourth-order valence-electron chi connectivity index (χ4n) is 1.78. The number of nitrogens with one attached hydrogen (secondary N) is 1. The lowest BCUT2D eigenvalue weighted by Crippen LogP contribution is -2.27. The van der Waals surface area contributed by atoms with Crippen molar-refractivity contribution in [1.82, 2.24) is 5.32 Å². The lowest BCUT2D eigenvalue weighted by Gasteiger charge is -2.14. The number of furan rings is 1. The van der Waals surface area contributed by atoms with Gasteiger partial charge in [0.15, 0.2) is 0 Å². The molecule has 1 aromatic heterocycles. The van der Waals surface area contributed by atoms with Crippen molar-refractivity contribution < 1.29 is 9.15 Å². The Morgan fingerprint density at radius 2 is 2.06 bits per heavy atom. The van der Waals surface area contributed by atoms with Gasteiger partial charge in [0.2, 0.25) is 0 Å². The standard InChI is InChI=1S/C13H23NO2/c1-4-6-11(5-2)14-9-12-7-8-13(16-12)10-15-3/h7-8,11,14H,4-6,9-10H2,1-3H3. The average Bonchev–Trinajstić information content (AvgIpc) is 2.72. The van der Waals surface area contributed by atoms with E-state index in [1.807, 2.05) is 12.1 Å². The molecule has 0 spiro atoms. The van der Waals surface area contributed by atoms with Crippen molar-refractivity contribution in [2.75, 3.05) is 7.11 Å². The lowest BCUT2D eigenvalue weighted by atomic mass is 10.1. The Balaban J connectivity index is 2.34. The molecule has 0 aliphatic carbocycles. The molecule has 92 valence electrons. The summed E-state index contributed by atoms with van der Waals surface area (Å²) in [4.78, 5) is 0. The maximum absolute atomic E-state index is 5.61. The molecule has 0 saturated heterocycles. The number of rotatable bonds is 8. The van der Waals surface area contributed by atoms with Crippen molar-refractivity contribution in [2.24, 2.45) is 0 Å². The molecule has 1 atom stereocenters. The summed E-state index contributed by atoms with van der Waals surface area (Å²) in [5, 5.41) is 3.51. The van der Waals surface area contributed by atoms with Crippen LogP contribution in [0.5, 0.6) is 0 Å². The zero-order valence-electron chi connectivity index (χ0n) is 10.6. The summed E-state index contributed by atoms with van der Waals surface area (Å²) in [7, 11) is 1.68. The normalized spacial score (nSPS) is 12.9. The van der Waals surface area contributed by atoms with Crippen LogP contribution in [0.15, 0.2) is 16.5 Å². The van der Waals surface area contributed by atoms with Gasteiger partial charge in [0.1, 0.15) is 18.1 Å². The van der Waals surface area contributed by atoms with Gasteiger partial charge in [-0.3, -0.25) is 0 Å². The van der Waals surface area contributed by atoms with Gasteiger partial charge in [0.25, 0.3) is 0 Å². The third-order valence-corrected chi connectivity index (χ3v) is 2.70. The number of ether oxygens (including phenoxy) is 1. The van der Waals surface area contributed by atoms with E-state index in [9.17, 15) is 0 Å². The number of hydrogen-bond donors (Lipinski definition) is 1. The first-order valence-electron chi connectivity index (χ1n) is 6.10. The Morgan fingerprint density at radius 3 is 2.69 bits per heavy atom. The molecule has 1 unspecified atom stereocenters. The van der Waals surface area contributed by atoms with Gasteiger partial charge in [-0.05, 0) is 25.0 Å². The number of hydrogen-bond acceptors (Lipinski definition) is 3. The van der Waals surface area contributed by atoms with Crippen LogP contribution >= 0.6 is 0 Å². The predicted molar refractivity (Wildman–Crippen MR) is 65.2 cm³/mol. The van der Waals surface area contributed by atoms with Crippen LogP contribution in [0.3, 0.4) is 0 Å². The second-order valence-electron chi connectivity index (χ2n) is 4.08. The van der Waals surface area contributed by atoms with Gasteiger partial charge in [-0.15, -0.1) is 0 Å². The van der Waals surface area contributed by atoms with Gasteiger partial charge < -0.3 is 14.5 Å². The fourth-order valence-corrected chi connectivity index (χ4v) is 1.78. The molecule has 1 aromatic rings. The van der Waals surface area contributed by atoms with E-state index in [1.54, 1.807) is 7.11 Å². The van der Waals surface area contributed by atoms with Crippen molar-refractivity contribution in [3.05, 3.63) is 23.7 Å². The minimum atomic E-state index is 0.548. The summed E-state index contributed by atoms with van der Waals surface area (Å²) in [5.74, 6) is 1.88. The molecule has 3 heteroatoms. The zero-order valence-corrected chi connectivity index (χ0v) is 10.6. The highest BCUT2D eigenvalue weighted by Crippen LogP contribution is 2.10. The second-order valence-corrected chi connectivity index (χ2v) is 4.08. The van der Waals surface area contributed by atoms with Crippen LogP contribution < -0.4 is 5.32 Å². The van der Waals surface area contributed by atoms with E-state index in [1.165, 1.54) is 19.3 Å². The third kappa shape index (κ3) is 4.37. The van der Waals surface area contributed by atoms with Crippen molar-refractivity contribution in [3.63, 3.8) is 0 Å². The van der Waals surface area contributed by atoms with Crippen molar-refractivity contribution in [3.8, 4) is 0 Å². The summed E-state index contributed by atoms with van der Waals surface area (Å²) >= 11 is 0. The second kappa shape index (κ2) is 7.47. The Bertz CT molecular complexity index is 283. The van der Waals surface area contributed by atoms with Crippen LogP contribution in [0.2, 0.25) is 0 Å². The lowest BCUT2D eigenvalue weighted by molar-refractivity contribution is 0.162. The average molecular weight is 225 g/mol. The summed E-state index contributed by atoms with van der Waals surface area (Å²) in [6, 6.07) is 4.59. The maximum Gasteiger partial charge on any atom is 0.129 e. The van der Waals surface area contributed by atoms with E-state index in [4.69, 9.17) is 9.15 Å². The van der Waals surface area contributed by atoms with Crippen LogP contribution in [0.1, 0.15) is 44.6 Å². The summed E-state index contributed by atoms with van der Waals surface area (Å²) < 4.78 is 10.6. The zero-order chi connectivity index (χ0) is 11.8. The van der Waals surface area contributed by atoms with Gasteiger partial charge in [0, 0.05) is 13.2 Å². The molecule has 0 saturated carbocycles. The van der Waals surface area contributed by atoms with Gasteiger partial charge in [-0.1, -0.05) is 20.3 Å². The number of methoxy groups -OCH3 is 1. The molecule has 3 nitrogen and oxygen atoms in total. The Labute approximate surface area is 98.2 Å². The minimum Gasteiger partial charge on any atom is -0.462 e. The first-order chi connectivity index (χ1) is 7.80. The molecule has 0 amide bonds. The topological polar surface area (TPSA) is 34.4 Å². The molecule has 0 bridgehead atoms. The first kappa shape index (κ1) is 13.3. The molecular formula is C13H23NO2. The van der Waals surface area contributed by atoms with Crippen molar-refractivity contribution in [1.29, 1.82) is 0 Å². The Morgan fingerprint density at radius 1 is 1.31 bits per heavy atom. The molecule has 1 rings (SSSR count). The van der Waals surface area contributed by atoms with Gasteiger partial charge in [0.05, 0.1) is 6.54 Å². The third-order valence-electron chi connectivity index (χ3n) is 2.70. The largest absolute Gasteiger partial charge is 0.462 e. The summed E-state index contributed by atoms with van der Waals surface area (Å²) in [6.07, 6.45) is 3.61. The molecule has 1 heterocycles. The highest BCUT2D eigenvalue weighted by atomic mass is 16.5. The quantitative estimate of drug-likeness (QED) is 0.738. The van der Waals surface area contributed by atoms with Crippen LogP contribution in [0.25, 0.3) is 0 Å². The molecule has 0 aliphatic rings. The first-order valence-corrected chi connectivity index (χ1v) is 6.10. The van der Waals surface area contributed by atoms with Gasteiger partial charge >= 0.3 is 0 Å². The Hall–Kier alpha value is -0.800. The van der Waals surface area contributed by atoms with E-state index in [0.29, 0.717) is 12.6 Å². The molecule has 16 heavy (non-hydrogen) atoms. The van der Waals surface area contributed by atoms with Crippen LogP contribution in [-0.2, 0) is 17.9 Å². The Kier molecular flexibility index (Phi) is 6.19. The van der Waals surface area contributed by atoms with E-state index in [2.05, 4.69) is 19.2 Å². The van der Waals surface area contributed by atoms with Gasteiger partial charge in [-0.25, -0.2) is 0 Å². The van der Waals surface area contributed by atoms with Crippen LogP contribution in [-0.4, -0.2) is 13.2 Å². The molecule has 0 aliphatic heterocycles. The fraction of sp³-hybridized carbons (Fsp3) is 0.692. The monoisotopic (exact) mass is 225 g/mol. The van der Waals surface area contributed by atoms with E-state index < -0.39 is 0 Å². The smallest absolute Gasteiger partial charge is 0.129 e. The van der Waals surface area contributed by atoms with E-state index in [-0.39, 0.29) is 0 Å². The van der Waals surface area contributed by atoms with Gasteiger partial charge in [-0.2, -0.15) is 0 Å². The van der Waals surface area contributed by atoms with E-state index in [0.717, 1.165) is 18.1 Å². The predicted octanol–water partition coefficient (Wildman–Crippen LogP) is 3.09. The minimum absolute atomic E-state index is 0.548. The van der Waals surface area contributed by atoms with Crippen LogP contribution in [0.4, 0.5) is 0 Å². The molecule has 0 aromatic carbocycles. The van der Waals surface area contributed by atoms with E-state index >= 15 is 0 Å². The summed E-state index contributed by atoms with van der Waals surface area (Å²) in [6.45, 7) is 5.79. The highest BCUT2D eigenvalue weighted by molar-refractivity contribution is 5.06. The SMILES string of the molecule is CCCC(CC)NCc1ccc(COC)o1. The maximum atomic E-state index is 5.61.